The van der Waals surface area contributed by atoms with Crippen LogP contribution in [0, 0.1) is 0 Å². The van der Waals surface area contributed by atoms with E-state index in [2.05, 4.69) is 10.5 Å². The normalized spacial score (nSPS) is 18.2. The number of hydrogen-bond donors (Lipinski definition) is 1. The van der Waals surface area contributed by atoms with Crippen LogP contribution in [-0.4, -0.2) is 25.0 Å². The molecule has 1 aliphatic carbocycles. The van der Waals surface area contributed by atoms with Crippen molar-refractivity contribution in [2.45, 2.75) is 38.3 Å². The lowest BCUT2D eigenvalue weighted by Crippen LogP contribution is -2.38. The molecule has 1 fully saturated rings. The van der Waals surface area contributed by atoms with E-state index in [1.807, 2.05) is 30.3 Å². The van der Waals surface area contributed by atoms with Crippen LogP contribution in [0.25, 0.3) is 0 Å². The molecule has 108 valence electrons. The van der Waals surface area contributed by atoms with E-state index >= 15 is 0 Å². The fourth-order valence-electron chi connectivity index (χ4n) is 2.25. The molecule has 0 spiro atoms. The number of ether oxygens (including phenoxy) is 1. The second-order valence-electron chi connectivity index (χ2n) is 4.82. The molecule has 2 rings (SSSR count). The lowest BCUT2D eigenvalue weighted by Gasteiger charge is -2.23. The molecule has 0 aliphatic heterocycles. The van der Waals surface area contributed by atoms with Gasteiger partial charge in [-0.3, -0.25) is 0 Å². The molecule has 0 atom stereocenters. The van der Waals surface area contributed by atoms with Crippen LogP contribution < -0.4 is 5.32 Å². The van der Waals surface area contributed by atoms with Gasteiger partial charge in [0, 0.05) is 6.04 Å². The van der Waals surface area contributed by atoms with Gasteiger partial charge in [0.25, 0.3) is 0 Å². The third kappa shape index (κ3) is 4.57. The van der Waals surface area contributed by atoms with Gasteiger partial charge in [-0.25, -0.2) is 4.79 Å². The maximum absolute atomic E-state index is 11.7. The first-order chi connectivity index (χ1) is 9.78. The third-order valence-electron chi connectivity index (χ3n) is 3.32. The fourth-order valence-corrected chi connectivity index (χ4v) is 2.25. The average Bonchev–Trinajstić information content (AvgIpc) is 2.49. The Kier molecular flexibility index (Phi) is 5.41. The van der Waals surface area contributed by atoms with Crippen molar-refractivity contribution in [3.05, 3.63) is 35.9 Å². The zero-order chi connectivity index (χ0) is 14.2. The van der Waals surface area contributed by atoms with Crippen molar-refractivity contribution in [1.29, 1.82) is 0 Å². The maximum Gasteiger partial charge on any atom is 0.407 e. The van der Waals surface area contributed by atoms with Gasteiger partial charge in [0.2, 0.25) is 0 Å². The summed E-state index contributed by atoms with van der Waals surface area (Å²) in [6.07, 6.45) is 3.12. The zero-order valence-corrected chi connectivity index (χ0v) is 11.7. The number of nitrogens with one attached hydrogen (secondary N) is 1. The van der Waals surface area contributed by atoms with Crippen molar-refractivity contribution in [2.24, 2.45) is 5.16 Å². The quantitative estimate of drug-likeness (QED) is 0.860. The topological polar surface area (TPSA) is 59.9 Å². The monoisotopic (exact) mass is 276 g/mol. The minimum atomic E-state index is -0.356. The van der Waals surface area contributed by atoms with E-state index in [-0.39, 0.29) is 12.1 Å². The number of alkyl carbamates (subject to hydrolysis) is 1. The Labute approximate surface area is 118 Å². The van der Waals surface area contributed by atoms with E-state index in [1.165, 1.54) is 0 Å². The van der Waals surface area contributed by atoms with Crippen LogP contribution in [0.4, 0.5) is 4.79 Å². The van der Waals surface area contributed by atoms with Crippen molar-refractivity contribution in [3.8, 4) is 0 Å². The van der Waals surface area contributed by atoms with Gasteiger partial charge in [-0.05, 0) is 31.2 Å². The number of carbonyl (C=O) groups is 1. The van der Waals surface area contributed by atoms with Gasteiger partial charge in [-0.15, -0.1) is 0 Å². The van der Waals surface area contributed by atoms with E-state index in [4.69, 9.17) is 9.57 Å². The van der Waals surface area contributed by atoms with E-state index < -0.39 is 0 Å². The number of nitrogens with zero attached hydrogens (tertiary/aromatic N) is 1. The molecular weight excluding hydrogens is 256 g/mol. The van der Waals surface area contributed by atoms with Gasteiger partial charge in [0.1, 0.15) is 13.7 Å². The Balaban J connectivity index is 1.69. The Morgan fingerprint density at radius 3 is 2.65 bits per heavy atom. The molecular formula is C15H20N2O3. The summed E-state index contributed by atoms with van der Waals surface area (Å²) in [6.45, 7) is 0.301. The first kappa shape index (κ1) is 14.4. The second kappa shape index (κ2) is 7.53. The highest BCUT2D eigenvalue weighted by molar-refractivity contribution is 5.84. The molecule has 20 heavy (non-hydrogen) atoms. The van der Waals surface area contributed by atoms with Crippen molar-refractivity contribution < 1.29 is 14.4 Å². The van der Waals surface area contributed by atoms with Crippen LogP contribution in [0.1, 0.15) is 31.2 Å². The molecule has 5 heteroatoms. The number of amides is 1. The van der Waals surface area contributed by atoms with Crippen LogP contribution >= 0.6 is 0 Å². The summed E-state index contributed by atoms with van der Waals surface area (Å²) in [5, 5.41) is 6.84. The van der Waals surface area contributed by atoms with E-state index in [0.29, 0.717) is 6.61 Å². The lowest BCUT2D eigenvalue weighted by atomic mass is 9.94. The van der Waals surface area contributed by atoms with Gasteiger partial charge in [0.05, 0.1) is 5.71 Å². The highest BCUT2D eigenvalue weighted by Crippen LogP contribution is 2.16. The highest BCUT2D eigenvalue weighted by Gasteiger charge is 2.20. The summed E-state index contributed by atoms with van der Waals surface area (Å²) in [6, 6.07) is 9.81. The first-order valence-electron chi connectivity index (χ1n) is 6.84. The molecule has 1 amide bonds. The fraction of sp³-hybridized carbons (Fsp3) is 0.467. The lowest BCUT2D eigenvalue weighted by molar-refractivity contribution is 0.134. The predicted molar refractivity (Wildman–Crippen MR) is 76.5 cm³/mol. The largest absolute Gasteiger partial charge is 0.445 e. The molecule has 5 nitrogen and oxygen atoms in total. The predicted octanol–water partition coefficient (Wildman–Crippen LogP) is 2.86. The minimum Gasteiger partial charge on any atom is -0.445 e. The number of hydrogen-bond acceptors (Lipinski definition) is 4. The Bertz CT molecular complexity index is 449. The number of carbonyl (C=O) groups excluding carboxylic acids is 1. The molecule has 0 unspecified atom stereocenters. The summed E-state index contributed by atoms with van der Waals surface area (Å²) in [4.78, 5) is 16.5. The highest BCUT2D eigenvalue weighted by atomic mass is 16.6. The number of oxime groups is 1. The second-order valence-corrected chi connectivity index (χ2v) is 4.82. The van der Waals surface area contributed by atoms with E-state index in [0.717, 1.165) is 37.0 Å². The summed E-state index contributed by atoms with van der Waals surface area (Å²) >= 11 is 0. The van der Waals surface area contributed by atoms with Crippen molar-refractivity contribution in [2.75, 3.05) is 7.11 Å². The van der Waals surface area contributed by atoms with E-state index in [9.17, 15) is 4.79 Å². The van der Waals surface area contributed by atoms with Crippen molar-refractivity contribution in [1.82, 2.24) is 5.32 Å². The Morgan fingerprint density at radius 1 is 1.30 bits per heavy atom. The molecule has 1 N–H and O–H groups in total. The molecule has 0 heterocycles. The third-order valence-corrected chi connectivity index (χ3v) is 3.32. The molecule has 1 aromatic rings. The minimum absolute atomic E-state index is 0.161. The number of rotatable bonds is 4. The summed E-state index contributed by atoms with van der Waals surface area (Å²) in [5.41, 5.74) is 2.05. The van der Waals surface area contributed by atoms with Gasteiger partial charge in [0.15, 0.2) is 0 Å². The molecule has 0 radical (unpaired) electrons. The van der Waals surface area contributed by atoms with Crippen molar-refractivity contribution >= 4 is 11.8 Å². The van der Waals surface area contributed by atoms with Gasteiger partial charge in [-0.1, -0.05) is 35.5 Å². The Hall–Kier alpha value is -2.04. The summed E-state index contributed by atoms with van der Waals surface area (Å²) in [5.74, 6) is 0. The number of benzene rings is 1. The standard InChI is InChI=1S/C15H20N2O3/c1-19-17-14-9-7-13(8-10-14)16-15(18)20-11-12-5-3-2-4-6-12/h2-6,13H,7-11H2,1H3,(H,16,18). The molecule has 1 saturated carbocycles. The van der Waals surface area contributed by atoms with Crippen LogP contribution in [-0.2, 0) is 16.2 Å². The molecule has 1 aromatic carbocycles. The van der Waals surface area contributed by atoms with Gasteiger partial charge < -0.3 is 14.9 Å². The van der Waals surface area contributed by atoms with E-state index in [1.54, 1.807) is 7.11 Å². The van der Waals surface area contributed by atoms with Gasteiger partial charge >= 0.3 is 6.09 Å². The first-order valence-corrected chi connectivity index (χ1v) is 6.84. The molecule has 1 aliphatic rings. The summed E-state index contributed by atoms with van der Waals surface area (Å²) < 4.78 is 5.20. The molecule has 0 bridgehead atoms. The zero-order valence-electron chi connectivity index (χ0n) is 11.7. The molecule has 0 aromatic heterocycles. The van der Waals surface area contributed by atoms with Crippen LogP contribution in [0.3, 0.4) is 0 Å². The Morgan fingerprint density at radius 2 is 2.00 bits per heavy atom. The maximum atomic E-state index is 11.7. The summed E-state index contributed by atoms with van der Waals surface area (Å²) in [7, 11) is 1.55. The van der Waals surface area contributed by atoms with Crippen LogP contribution in [0.2, 0.25) is 0 Å². The van der Waals surface area contributed by atoms with Crippen LogP contribution in [0.15, 0.2) is 35.5 Å². The average molecular weight is 276 g/mol. The van der Waals surface area contributed by atoms with Gasteiger partial charge in [-0.2, -0.15) is 0 Å². The van der Waals surface area contributed by atoms with Crippen molar-refractivity contribution in [3.63, 3.8) is 0 Å². The SMILES string of the molecule is CON=C1CCC(NC(=O)OCc2ccccc2)CC1. The van der Waals surface area contributed by atoms with Crippen LogP contribution in [0.5, 0.6) is 0 Å². The molecule has 0 saturated heterocycles. The smallest absolute Gasteiger partial charge is 0.407 e.